The summed E-state index contributed by atoms with van der Waals surface area (Å²) in [6.07, 6.45) is 2.85. The molecule has 5 nitrogen and oxygen atoms in total. The van der Waals surface area contributed by atoms with Gasteiger partial charge in [-0.1, -0.05) is 18.2 Å². The Morgan fingerprint density at radius 3 is 2.55 bits per heavy atom. The molecule has 0 radical (unpaired) electrons. The Bertz CT molecular complexity index is 482. The zero-order valence-corrected chi connectivity index (χ0v) is 13.1. The molecule has 2 rings (SSSR count). The Hall–Kier alpha value is -2.04. The molecule has 0 unspecified atom stereocenters. The summed E-state index contributed by atoms with van der Waals surface area (Å²) < 4.78 is 5.56. The first-order valence-electron chi connectivity index (χ1n) is 7.88. The molecule has 1 saturated heterocycles. The van der Waals surface area contributed by atoms with Crippen molar-refractivity contribution >= 4 is 11.8 Å². The number of hydrogen-bond donors (Lipinski definition) is 1. The van der Waals surface area contributed by atoms with Gasteiger partial charge in [0.15, 0.2) is 0 Å². The molecule has 5 heteroatoms. The predicted octanol–water partition coefficient (Wildman–Crippen LogP) is 1.97. The summed E-state index contributed by atoms with van der Waals surface area (Å²) in [5.74, 6) is 1.01. The minimum absolute atomic E-state index is 0.0675. The maximum absolute atomic E-state index is 11.9. The molecule has 1 aromatic carbocycles. The lowest BCUT2D eigenvalue weighted by Crippen LogP contribution is -2.46. The predicted molar refractivity (Wildman–Crippen MR) is 84.6 cm³/mol. The van der Waals surface area contributed by atoms with Gasteiger partial charge in [0, 0.05) is 32.5 Å². The highest BCUT2D eigenvalue weighted by Crippen LogP contribution is 2.11. The van der Waals surface area contributed by atoms with E-state index in [2.05, 4.69) is 5.32 Å². The number of piperidine rings is 1. The minimum atomic E-state index is 0.0675. The Morgan fingerprint density at radius 2 is 1.91 bits per heavy atom. The number of ether oxygens (including phenoxy) is 1. The zero-order valence-electron chi connectivity index (χ0n) is 13.1. The number of hydrogen-bond acceptors (Lipinski definition) is 3. The van der Waals surface area contributed by atoms with Gasteiger partial charge in [0.05, 0.1) is 6.61 Å². The zero-order chi connectivity index (χ0) is 15.8. The lowest BCUT2D eigenvalue weighted by molar-refractivity contribution is -0.130. The molecule has 0 spiro atoms. The average Bonchev–Trinajstić information content (AvgIpc) is 2.53. The van der Waals surface area contributed by atoms with Gasteiger partial charge >= 0.3 is 0 Å². The summed E-state index contributed by atoms with van der Waals surface area (Å²) in [6.45, 7) is 3.60. The van der Waals surface area contributed by atoms with Crippen LogP contribution >= 0.6 is 0 Å². The Morgan fingerprint density at radius 1 is 1.23 bits per heavy atom. The van der Waals surface area contributed by atoms with Crippen molar-refractivity contribution in [3.63, 3.8) is 0 Å². The van der Waals surface area contributed by atoms with Gasteiger partial charge in [-0.2, -0.15) is 0 Å². The summed E-state index contributed by atoms with van der Waals surface area (Å²) in [7, 11) is 0. The van der Waals surface area contributed by atoms with Crippen LogP contribution in [0.1, 0.15) is 32.6 Å². The Balaban J connectivity index is 1.57. The van der Waals surface area contributed by atoms with E-state index in [9.17, 15) is 9.59 Å². The van der Waals surface area contributed by atoms with Gasteiger partial charge in [-0.25, -0.2) is 0 Å². The topological polar surface area (TPSA) is 58.6 Å². The smallest absolute Gasteiger partial charge is 0.220 e. The number of benzene rings is 1. The van der Waals surface area contributed by atoms with Crippen LogP contribution in [0.3, 0.4) is 0 Å². The van der Waals surface area contributed by atoms with Crippen LogP contribution in [0.25, 0.3) is 0 Å². The van der Waals surface area contributed by atoms with E-state index in [1.807, 2.05) is 35.2 Å². The molecule has 0 aromatic heterocycles. The van der Waals surface area contributed by atoms with E-state index in [1.165, 1.54) is 0 Å². The number of amides is 2. The molecule has 120 valence electrons. The number of likely N-dealkylation sites (tertiary alicyclic amines) is 1. The first kappa shape index (κ1) is 16.3. The average molecular weight is 304 g/mol. The molecule has 1 aliphatic rings. The van der Waals surface area contributed by atoms with Gasteiger partial charge in [-0.15, -0.1) is 0 Å². The summed E-state index contributed by atoms with van der Waals surface area (Å²) >= 11 is 0. The molecular formula is C17H24N2O3. The van der Waals surface area contributed by atoms with E-state index in [4.69, 9.17) is 4.74 Å². The van der Waals surface area contributed by atoms with Crippen molar-refractivity contribution in [2.45, 2.75) is 38.6 Å². The Kier molecular flexibility index (Phi) is 6.25. The SMILES string of the molecule is CC(=O)N1CCC(NC(=O)CCCOc2ccccc2)CC1. The van der Waals surface area contributed by atoms with Gasteiger partial charge in [-0.3, -0.25) is 9.59 Å². The second kappa shape index (κ2) is 8.41. The standard InChI is InChI=1S/C17H24N2O3/c1-14(20)19-11-9-15(10-12-19)18-17(21)8-5-13-22-16-6-3-2-4-7-16/h2-4,6-7,15H,5,8-13H2,1H3,(H,18,21). The first-order valence-corrected chi connectivity index (χ1v) is 7.88. The summed E-state index contributed by atoms with van der Waals surface area (Å²) in [5, 5.41) is 3.04. The van der Waals surface area contributed by atoms with Crippen LogP contribution in [0.15, 0.2) is 30.3 Å². The van der Waals surface area contributed by atoms with Gasteiger partial charge in [0.1, 0.15) is 5.75 Å². The summed E-state index contributed by atoms with van der Waals surface area (Å²) in [5.41, 5.74) is 0. The molecule has 1 fully saturated rings. The first-order chi connectivity index (χ1) is 10.6. The van der Waals surface area contributed by atoms with E-state index >= 15 is 0 Å². The maximum Gasteiger partial charge on any atom is 0.220 e. The van der Waals surface area contributed by atoms with Crippen molar-refractivity contribution in [3.05, 3.63) is 30.3 Å². The molecule has 0 saturated carbocycles. The van der Waals surface area contributed by atoms with Crippen LogP contribution in [0.2, 0.25) is 0 Å². The molecule has 0 atom stereocenters. The number of nitrogens with one attached hydrogen (secondary N) is 1. The van der Waals surface area contributed by atoms with Crippen molar-refractivity contribution in [2.24, 2.45) is 0 Å². The molecule has 22 heavy (non-hydrogen) atoms. The minimum Gasteiger partial charge on any atom is -0.494 e. The maximum atomic E-state index is 11.9. The van der Waals surface area contributed by atoms with Gasteiger partial charge in [-0.05, 0) is 31.4 Å². The number of rotatable bonds is 6. The number of para-hydroxylation sites is 1. The molecule has 1 N–H and O–H groups in total. The van der Waals surface area contributed by atoms with Crippen LogP contribution in [0, 0.1) is 0 Å². The van der Waals surface area contributed by atoms with Crippen molar-refractivity contribution in [1.82, 2.24) is 10.2 Å². The second-order valence-electron chi connectivity index (χ2n) is 5.61. The van der Waals surface area contributed by atoms with Crippen molar-refractivity contribution < 1.29 is 14.3 Å². The highest BCUT2D eigenvalue weighted by Gasteiger charge is 2.21. The summed E-state index contributed by atoms with van der Waals surface area (Å²) in [6, 6.07) is 9.80. The largest absolute Gasteiger partial charge is 0.494 e. The number of carbonyl (C=O) groups excluding carboxylic acids is 2. The Labute approximate surface area is 131 Å². The highest BCUT2D eigenvalue weighted by molar-refractivity contribution is 5.76. The van der Waals surface area contributed by atoms with Crippen molar-refractivity contribution in [3.8, 4) is 5.75 Å². The fourth-order valence-electron chi connectivity index (χ4n) is 2.58. The van der Waals surface area contributed by atoms with E-state index in [-0.39, 0.29) is 17.9 Å². The quantitative estimate of drug-likeness (QED) is 0.818. The fraction of sp³-hybridized carbons (Fsp3) is 0.529. The third-order valence-electron chi connectivity index (χ3n) is 3.87. The van der Waals surface area contributed by atoms with E-state index in [1.54, 1.807) is 6.92 Å². The van der Waals surface area contributed by atoms with Gasteiger partial charge in [0.2, 0.25) is 11.8 Å². The van der Waals surface area contributed by atoms with Crippen LogP contribution in [0.5, 0.6) is 5.75 Å². The lowest BCUT2D eigenvalue weighted by Gasteiger charge is -2.31. The monoisotopic (exact) mass is 304 g/mol. The molecular weight excluding hydrogens is 280 g/mol. The van der Waals surface area contributed by atoms with Crippen LogP contribution < -0.4 is 10.1 Å². The molecule has 1 heterocycles. The highest BCUT2D eigenvalue weighted by atomic mass is 16.5. The van der Waals surface area contributed by atoms with Crippen molar-refractivity contribution in [2.75, 3.05) is 19.7 Å². The van der Waals surface area contributed by atoms with E-state index in [0.717, 1.165) is 31.7 Å². The van der Waals surface area contributed by atoms with Crippen LogP contribution in [0.4, 0.5) is 0 Å². The third kappa shape index (κ3) is 5.39. The lowest BCUT2D eigenvalue weighted by atomic mass is 10.0. The molecule has 1 aromatic rings. The van der Waals surface area contributed by atoms with Gasteiger partial charge in [0.25, 0.3) is 0 Å². The fourth-order valence-corrected chi connectivity index (χ4v) is 2.58. The second-order valence-corrected chi connectivity index (χ2v) is 5.61. The van der Waals surface area contributed by atoms with E-state index in [0.29, 0.717) is 19.4 Å². The normalized spacial score (nSPS) is 15.4. The number of carbonyl (C=O) groups is 2. The summed E-state index contributed by atoms with van der Waals surface area (Å²) in [4.78, 5) is 25.0. The number of nitrogens with zero attached hydrogens (tertiary/aromatic N) is 1. The van der Waals surface area contributed by atoms with E-state index < -0.39 is 0 Å². The third-order valence-corrected chi connectivity index (χ3v) is 3.87. The molecule has 0 bridgehead atoms. The van der Waals surface area contributed by atoms with Gasteiger partial charge < -0.3 is 15.0 Å². The van der Waals surface area contributed by atoms with Crippen LogP contribution in [-0.4, -0.2) is 42.5 Å². The molecule has 2 amide bonds. The van der Waals surface area contributed by atoms with Crippen molar-refractivity contribution in [1.29, 1.82) is 0 Å². The molecule has 1 aliphatic heterocycles. The molecule has 0 aliphatic carbocycles. The van der Waals surface area contributed by atoms with Crippen LogP contribution in [-0.2, 0) is 9.59 Å².